The molecule has 0 radical (unpaired) electrons. The molecule has 0 spiro atoms. The molecule has 0 saturated carbocycles. The van der Waals surface area contributed by atoms with Crippen molar-refractivity contribution in [3.8, 4) is 0 Å². The van der Waals surface area contributed by atoms with Gasteiger partial charge in [-0.25, -0.2) is 0 Å². The average Bonchev–Trinajstić information content (AvgIpc) is 2.42. The highest BCUT2D eigenvalue weighted by Gasteiger charge is 2.03. The largest absolute Gasteiger partial charge is 0.399 e. The Kier molecular flexibility index (Phi) is 4.36. The Morgan fingerprint density at radius 2 is 1.80 bits per heavy atom. The first-order valence-corrected chi connectivity index (χ1v) is 6.67. The first-order chi connectivity index (χ1) is 9.54. The summed E-state index contributed by atoms with van der Waals surface area (Å²) in [7, 11) is 0. The molecule has 0 unspecified atom stereocenters. The van der Waals surface area contributed by atoms with Crippen LogP contribution in [-0.2, 0) is 11.2 Å². The predicted octanol–water partition coefficient (Wildman–Crippen LogP) is 3.71. The number of hydrogen-bond acceptors (Lipinski definition) is 2. The van der Waals surface area contributed by atoms with Crippen molar-refractivity contribution in [3.63, 3.8) is 0 Å². The number of anilines is 1. The number of allylic oxidation sites excluding steroid dienone is 1. The Balaban J connectivity index is 2.05. The van der Waals surface area contributed by atoms with Crippen molar-refractivity contribution in [2.24, 2.45) is 0 Å². The van der Waals surface area contributed by atoms with Gasteiger partial charge in [0, 0.05) is 12.1 Å². The Hall–Kier alpha value is -2.35. The van der Waals surface area contributed by atoms with Crippen LogP contribution in [0.5, 0.6) is 0 Å². The highest BCUT2D eigenvalue weighted by atomic mass is 16.1. The normalized spacial score (nSPS) is 10.9. The number of nitrogen functional groups attached to an aromatic ring is 1. The first kappa shape index (κ1) is 14.1. The summed E-state index contributed by atoms with van der Waals surface area (Å²) < 4.78 is 0. The van der Waals surface area contributed by atoms with Gasteiger partial charge in [-0.05, 0) is 48.7 Å². The summed E-state index contributed by atoms with van der Waals surface area (Å²) in [5.74, 6) is 0.107. The molecule has 0 saturated heterocycles. The Morgan fingerprint density at radius 3 is 2.50 bits per heavy atom. The molecule has 0 aliphatic rings. The number of carbonyl (C=O) groups excluding carboxylic acids is 1. The van der Waals surface area contributed by atoms with Crippen LogP contribution in [0.1, 0.15) is 22.3 Å². The highest BCUT2D eigenvalue weighted by molar-refractivity contribution is 5.95. The second-order valence-corrected chi connectivity index (χ2v) is 5.07. The number of rotatable bonds is 4. The van der Waals surface area contributed by atoms with E-state index in [1.54, 1.807) is 6.08 Å². The van der Waals surface area contributed by atoms with Crippen molar-refractivity contribution in [2.45, 2.75) is 20.3 Å². The van der Waals surface area contributed by atoms with E-state index < -0.39 is 0 Å². The molecule has 0 bridgehead atoms. The number of hydrogen-bond donors (Lipinski definition) is 1. The number of nitrogens with two attached hydrogens (primary N) is 1. The fourth-order valence-corrected chi connectivity index (χ4v) is 2.03. The third kappa shape index (κ3) is 3.82. The molecule has 2 heteroatoms. The van der Waals surface area contributed by atoms with E-state index in [2.05, 4.69) is 18.2 Å². The van der Waals surface area contributed by atoms with E-state index >= 15 is 0 Å². The van der Waals surface area contributed by atoms with Gasteiger partial charge in [-0.1, -0.05) is 42.0 Å². The van der Waals surface area contributed by atoms with Gasteiger partial charge < -0.3 is 5.73 Å². The lowest BCUT2D eigenvalue weighted by Crippen LogP contribution is -2.00. The monoisotopic (exact) mass is 265 g/mol. The van der Waals surface area contributed by atoms with E-state index in [0.29, 0.717) is 6.42 Å². The molecule has 2 N–H and O–H groups in total. The average molecular weight is 265 g/mol. The van der Waals surface area contributed by atoms with Crippen molar-refractivity contribution < 1.29 is 4.79 Å². The lowest BCUT2D eigenvalue weighted by molar-refractivity contribution is -0.113. The molecule has 2 nitrogen and oxygen atoms in total. The van der Waals surface area contributed by atoms with Gasteiger partial charge in [0.15, 0.2) is 5.78 Å². The van der Waals surface area contributed by atoms with Crippen LogP contribution in [0.15, 0.2) is 48.5 Å². The van der Waals surface area contributed by atoms with Crippen molar-refractivity contribution in [3.05, 3.63) is 70.8 Å². The van der Waals surface area contributed by atoms with E-state index in [1.807, 2.05) is 44.2 Å². The molecular weight excluding hydrogens is 246 g/mol. The summed E-state index contributed by atoms with van der Waals surface area (Å²) in [5, 5.41) is 0. The zero-order valence-corrected chi connectivity index (χ0v) is 11.9. The van der Waals surface area contributed by atoms with Crippen LogP contribution in [0.2, 0.25) is 0 Å². The van der Waals surface area contributed by atoms with Gasteiger partial charge in [-0.2, -0.15) is 0 Å². The van der Waals surface area contributed by atoms with E-state index in [9.17, 15) is 4.79 Å². The second-order valence-electron chi connectivity index (χ2n) is 5.07. The number of ketones is 1. The maximum Gasteiger partial charge on any atom is 0.160 e. The minimum Gasteiger partial charge on any atom is -0.399 e. The molecule has 0 aliphatic carbocycles. The third-order valence-electron chi connectivity index (χ3n) is 3.27. The summed E-state index contributed by atoms with van der Waals surface area (Å²) in [5.41, 5.74) is 10.8. The van der Waals surface area contributed by atoms with Crippen molar-refractivity contribution in [2.75, 3.05) is 5.73 Å². The fourth-order valence-electron chi connectivity index (χ4n) is 2.03. The van der Waals surface area contributed by atoms with E-state index in [-0.39, 0.29) is 5.78 Å². The molecule has 2 rings (SSSR count). The highest BCUT2D eigenvalue weighted by Crippen LogP contribution is 2.12. The van der Waals surface area contributed by atoms with E-state index in [1.165, 1.54) is 5.56 Å². The summed E-state index contributed by atoms with van der Waals surface area (Å²) >= 11 is 0. The van der Waals surface area contributed by atoms with Crippen LogP contribution < -0.4 is 5.73 Å². The number of aryl methyl sites for hydroxylation is 2. The SMILES string of the molecule is Cc1ccc(C)c(CC(=O)/C=C/c2ccc(N)cc2)c1. The molecule has 102 valence electrons. The predicted molar refractivity (Wildman–Crippen MR) is 84.5 cm³/mol. The van der Waals surface area contributed by atoms with E-state index in [4.69, 9.17) is 5.73 Å². The summed E-state index contributed by atoms with van der Waals surface area (Å²) in [6.07, 6.45) is 3.90. The van der Waals surface area contributed by atoms with Crippen LogP contribution in [0, 0.1) is 13.8 Å². The molecule has 0 fully saturated rings. The van der Waals surface area contributed by atoms with Crippen LogP contribution >= 0.6 is 0 Å². The number of carbonyl (C=O) groups is 1. The maximum absolute atomic E-state index is 12.0. The molecule has 0 heterocycles. The number of benzene rings is 2. The quantitative estimate of drug-likeness (QED) is 0.676. The van der Waals surface area contributed by atoms with Gasteiger partial charge in [0.1, 0.15) is 0 Å². The maximum atomic E-state index is 12.0. The Labute approximate surface area is 119 Å². The molecule has 20 heavy (non-hydrogen) atoms. The summed E-state index contributed by atoms with van der Waals surface area (Å²) in [4.78, 5) is 12.0. The zero-order chi connectivity index (χ0) is 14.5. The molecule has 0 atom stereocenters. The molecule has 2 aromatic carbocycles. The van der Waals surface area contributed by atoms with Crippen LogP contribution in [0.25, 0.3) is 6.08 Å². The molecule has 0 aliphatic heterocycles. The first-order valence-electron chi connectivity index (χ1n) is 6.67. The molecular formula is C18H19NO. The summed E-state index contributed by atoms with van der Waals surface area (Å²) in [6.45, 7) is 4.07. The lowest BCUT2D eigenvalue weighted by Gasteiger charge is -2.04. The van der Waals surface area contributed by atoms with Crippen LogP contribution in [0.4, 0.5) is 5.69 Å². The Morgan fingerprint density at radius 1 is 1.10 bits per heavy atom. The van der Waals surface area contributed by atoms with Crippen molar-refractivity contribution in [1.29, 1.82) is 0 Å². The van der Waals surface area contributed by atoms with Gasteiger partial charge in [0.2, 0.25) is 0 Å². The van der Waals surface area contributed by atoms with Gasteiger partial charge in [0.25, 0.3) is 0 Å². The topological polar surface area (TPSA) is 43.1 Å². The minimum atomic E-state index is 0.107. The molecule has 0 amide bonds. The van der Waals surface area contributed by atoms with Gasteiger partial charge in [-0.15, -0.1) is 0 Å². The Bertz CT molecular complexity index is 639. The van der Waals surface area contributed by atoms with Gasteiger partial charge in [-0.3, -0.25) is 4.79 Å². The van der Waals surface area contributed by atoms with Crippen LogP contribution in [-0.4, -0.2) is 5.78 Å². The van der Waals surface area contributed by atoms with Gasteiger partial charge >= 0.3 is 0 Å². The van der Waals surface area contributed by atoms with E-state index in [0.717, 1.165) is 22.4 Å². The third-order valence-corrected chi connectivity index (χ3v) is 3.27. The molecule has 0 aromatic heterocycles. The zero-order valence-electron chi connectivity index (χ0n) is 11.9. The van der Waals surface area contributed by atoms with Crippen molar-refractivity contribution >= 4 is 17.5 Å². The second kappa shape index (κ2) is 6.20. The molecule has 2 aromatic rings. The van der Waals surface area contributed by atoms with Gasteiger partial charge in [0.05, 0.1) is 0 Å². The summed E-state index contributed by atoms with van der Waals surface area (Å²) in [6, 6.07) is 13.7. The van der Waals surface area contributed by atoms with Crippen molar-refractivity contribution in [1.82, 2.24) is 0 Å². The lowest BCUT2D eigenvalue weighted by atomic mass is 10.0. The van der Waals surface area contributed by atoms with Crippen LogP contribution in [0.3, 0.4) is 0 Å². The smallest absolute Gasteiger partial charge is 0.160 e. The minimum absolute atomic E-state index is 0.107. The fraction of sp³-hybridized carbons (Fsp3) is 0.167. The standard InChI is InChI=1S/C18H19NO/c1-13-3-4-14(2)16(11-13)12-18(20)10-7-15-5-8-17(19)9-6-15/h3-11H,12,19H2,1-2H3/b10-7+.